The Morgan fingerprint density at radius 2 is 1.64 bits per heavy atom. The number of nitriles is 1. The van der Waals surface area contributed by atoms with Crippen LogP contribution in [-0.4, -0.2) is 38.0 Å². The van der Waals surface area contributed by atoms with Crippen LogP contribution in [0.4, 0.5) is 0 Å². The first-order valence-corrected chi connectivity index (χ1v) is 15.8. The Hall–Kier alpha value is -1.19. The van der Waals surface area contributed by atoms with E-state index in [9.17, 15) is 5.26 Å². The zero-order valence-corrected chi connectivity index (χ0v) is 26.3. The van der Waals surface area contributed by atoms with Gasteiger partial charge in [-0.15, -0.1) is 0 Å². The fraction of sp³-hybridized carbons (Fsp3) is 0.853. The summed E-state index contributed by atoms with van der Waals surface area (Å²) in [7, 11) is 0. The third-order valence-electron chi connectivity index (χ3n) is 11.4. The summed E-state index contributed by atoms with van der Waals surface area (Å²) in [6, 6.07) is 2.39. The van der Waals surface area contributed by atoms with Crippen molar-refractivity contribution in [3.8, 4) is 6.07 Å². The number of hydrogen-bond acceptors (Lipinski definition) is 5. The average molecular weight is 542 g/mol. The number of rotatable bonds is 11. The fourth-order valence-corrected chi connectivity index (χ4v) is 9.47. The Morgan fingerprint density at radius 1 is 0.949 bits per heavy atom. The maximum absolute atomic E-state index is 9.59. The van der Waals surface area contributed by atoms with Crippen molar-refractivity contribution in [2.45, 2.75) is 138 Å². The average Bonchev–Trinajstić information content (AvgIpc) is 3.23. The Labute approximate surface area is 238 Å². The second-order valence-corrected chi connectivity index (χ2v) is 13.8. The van der Waals surface area contributed by atoms with Gasteiger partial charge in [-0.05, 0) is 118 Å². The van der Waals surface area contributed by atoms with E-state index in [1.165, 1.54) is 32.1 Å². The van der Waals surface area contributed by atoms with Gasteiger partial charge in [-0.3, -0.25) is 0 Å². The first-order valence-electron chi connectivity index (χ1n) is 15.8. The quantitative estimate of drug-likeness (QED) is 0.246. The van der Waals surface area contributed by atoms with Crippen LogP contribution in [-0.2, 0) is 18.9 Å². The molecule has 0 N–H and O–H groups in total. The molecule has 1 fully saturated rings. The van der Waals surface area contributed by atoms with Gasteiger partial charge in [-0.1, -0.05) is 46.3 Å². The SMILES string of the molecule is CCOC(C)OC(CC#N)[C@@H](C)[C@H]1CC=C2C3=C(CC[C@@]21C)[C@@]1(C)CCC(OC(C)OCC)C(C)(C)C1CC3. The molecule has 0 aromatic rings. The predicted molar refractivity (Wildman–Crippen MR) is 156 cm³/mol. The number of fused-ring (bicyclic) bond motifs is 4. The molecule has 0 amide bonds. The summed E-state index contributed by atoms with van der Waals surface area (Å²) >= 11 is 0. The fourth-order valence-electron chi connectivity index (χ4n) is 9.47. The van der Waals surface area contributed by atoms with E-state index in [1.54, 1.807) is 16.7 Å². The highest BCUT2D eigenvalue weighted by atomic mass is 16.7. The zero-order valence-electron chi connectivity index (χ0n) is 26.3. The van der Waals surface area contributed by atoms with Gasteiger partial charge in [0, 0.05) is 13.2 Å². The lowest BCUT2D eigenvalue weighted by Gasteiger charge is -2.60. The number of ether oxygens (including phenoxy) is 4. The number of nitrogens with zero attached hydrogens (tertiary/aromatic N) is 1. The van der Waals surface area contributed by atoms with Crippen LogP contribution >= 0.6 is 0 Å². The minimum absolute atomic E-state index is 0.107. The van der Waals surface area contributed by atoms with Crippen LogP contribution in [0.1, 0.15) is 114 Å². The monoisotopic (exact) mass is 541 g/mol. The molecular formula is C34H55NO4. The zero-order chi connectivity index (χ0) is 28.6. The van der Waals surface area contributed by atoms with Gasteiger partial charge < -0.3 is 18.9 Å². The summed E-state index contributed by atoms with van der Waals surface area (Å²) in [5.41, 5.74) is 5.53. The molecular weight excluding hydrogens is 486 g/mol. The van der Waals surface area contributed by atoms with E-state index in [2.05, 4.69) is 46.8 Å². The van der Waals surface area contributed by atoms with Gasteiger partial charge in [-0.2, -0.15) is 5.26 Å². The minimum atomic E-state index is -0.285. The topological polar surface area (TPSA) is 60.7 Å². The molecule has 0 heterocycles. The first kappa shape index (κ1) is 30.8. The van der Waals surface area contributed by atoms with Crippen molar-refractivity contribution in [2.75, 3.05) is 13.2 Å². The molecule has 5 unspecified atom stereocenters. The van der Waals surface area contributed by atoms with Crippen LogP contribution in [0.2, 0.25) is 0 Å². The molecule has 0 saturated heterocycles. The summed E-state index contributed by atoms with van der Waals surface area (Å²) in [4.78, 5) is 0. The lowest BCUT2D eigenvalue weighted by molar-refractivity contribution is -0.214. The smallest absolute Gasteiger partial charge is 0.155 e. The minimum Gasteiger partial charge on any atom is -0.353 e. The molecule has 9 atom stereocenters. The summed E-state index contributed by atoms with van der Waals surface area (Å²) in [6.07, 6.45) is 10.8. The number of allylic oxidation sites excluding steroid dienone is 4. The van der Waals surface area contributed by atoms with Crippen LogP contribution < -0.4 is 0 Å². The molecule has 0 bridgehead atoms. The molecule has 0 aliphatic heterocycles. The molecule has 4 aliphatic rings. The van der Waals surface area contributed by atoms with Gasteiger partial charge in [-0.25, -0.2) is 0 Å². The van der Waals surface area contributed by atoms with Crippen molar-refractivity contribution in [3.63, 3.8) is 0 Å². The van der Waals surface area contributed by atoms with Crippen molar-refractivity contribution in [2.24, 2.45) is 34.0 Å². The largest absolute Gasteiger partial charge is 0.353 e. The third-order valence-corrected chi connectivity index (χ3v) is 11.4. The summed E-state index contributed by atoms with van der Waals surface area (Å²) in [5, 5.41) is 9.59. The van der Waals surface area contributed by atoms with E-state index in [4.69, 9.17) is 18.9 Å². The highest BCUT2D eigenvalue weighted by molar-refractivity contribution is 5.50. The molecule has 4 aliphatic carbocycles. The van der Waals surface area contributed by atoms with E-state index in [0.717, 1.165) is 12.8 Å². The van der Waals surface area contributed by atoms with Crippen molar-refractivity contribution < 1.29 is 18.9 Å². The Bertz CT molecular complexity index is 978. The summed E-state index contributed by atoms with van der Waals surface area (Å²) in [6.45, 7) is 21.6. The summed E-state index contributed by atoms with van der Waals surface area (Å²) in [5.74, 6) is 1.39. The van der Waals surface area contributed by atoms with Crippen molar-refractivity contribution in [3.05, 3.63) is 22.8 Å². The Morgan fingerprint density at radius 3 is 2.31 bits per heavy atom. The highest BCUT2D eigenvalue weighted by Crippen LogP contribution is 2.67. The van der Waals surface area contributed by atoms with Gasteiger partial charge >= 0.3 is 0 Å². The van der Waals surface area contributed by atoms with Gasteiger partial charge in [0.2, 0.25) is 0 Å². The van der Waals surface area contributed by atoms with Crippen LogP contribution in [0.25, 0.3) is 0 Å². The molecule has 0 aromatic heterocycles. The van der Waals surface area contributed by atoms with E-state index in [1.807, 2.05) is 27.7 Å². The summed E-state index contributed by atoms with van der Waals surface area (Å²) < 4.78 is 24.2. The van der Waals surface area contributed by atoms with E-state index in [0.29, 0.717) is 37.4 Å². The predicted octanol–water partition coefficient (Wildman–Crippen LogP) is 8.35. The van der Waals surface area contributed by atoms with E-state index in [-0.39, 0.29) is 41.0 Å². The van der Waals surface area contributed by atoms with Crippen LogP contribution in [0.3, 0.4) is 0 Å². The van der Waals surface area contributed by atoms with E-state index < -0.39 is 0 Å². The maximum Gasteiger partial charge on any atom is 0.155 e. The lowest BCUT2D eigenvalue weighted by Crippen LogP contribution is -2.54. The second-order valence-electron chi connectivity index (χ2n) is 13.8. The molecule has 5 nitrogen and oxygen atoms in total. The molecule has 1 saturated carbocycles. The van der Waals surface area contributed by atoms with Crippen molar-refractivity contribution in [1.82, 2.24) is 0 Å². The van der Waals surface area contributed by atoms with Crippen molar-refractivity contribution >= 4 is 0 Å². The number of hydrogen-bond donors (Lipinski definition) is 0. The highest BCUT2D eigenvalue weighted by Gasteiger charge is 2.58. The van der Waals surface area contributed by atoms with E-state index >= 15 is 0 Å². The Kier molecular flexibility index (Phi) is 9.44. The van der Waals surface area contributed by atoms with Gasteiger partial charge in [0.05, 0.1) is 24.7 Å². The molecule has 4 rings (SSSR count). The molecule has 0 spiro atoms. The first-order chi connectivity index (χ1) is 18.4. The molecule has 220 valence electrons. The normalized spacial score (nSPS) is 36.6. The van der Waals surface area contributed by atoms with Gasteiger partial charge in [0.15, 0.2) is 12.6 Å². The maximum atomic E-state index is 9.59. The van der Waals surface area contributed by atoms with Gasteiger partial charge in [0.1, 0.15) is 0 Å². The molecule has 5 heteroatoms. The molecule has 0 aromatic carbocycles. The standard InChI is InChI=1S/C34H55NO4/c1-10-36-23(4)38-29(18-21-35)22(3)26-13-14-27-25-12-15-30-32(6,7)31(39-24(5)37-11-2)17-20-34(30,9)28(25)16-19-33(26,27)8/h14,22-24,26,29-31H,10-13,15-20H2,1-9H3/t22-,23?,24?,26+,29?,30?,31?,33+,34+/m0/s1. The van der Waals surface area contributed by atoms with Crippen molar-refractivity contribution in [1.29, 1.82) is 5.26 Å². The third kappa shape index (κ3) is 5.53. The lowest BCUT2D eigenvalue weighted by atomic mass is 9.46. The van der Waals surface area contributed by atoms with Crippen LogP contribution in [0.5, 0.6) is 0 Å². The molecule has 0 radical (unpaired) electrons. The van der Waals surface area contributed by atoms with Gasteiger partial charge in [0.25, 0.3) is 0 Å². The molecule has 39 heavy (non-hydrogen) atoms. The van der Waals surface area contributed by atoms with Crippen LogP contribution in [0.15, 0.2) is 22.8 Å². The second kappa shape index (κ2) is 12.0. The Balaban J connectivity index is 1.56. The van der Waals surface area contributed by atoms with Crippen LogP contribution in [0, 0.1) is 45.3 Å².